The molecule has 3 N–H and O–H groups in total. The van der Waals surface area contributed by atoms with Crippen molar-refractivity contribution in [1.29, 1.82) is 0 Å². The molecule has 7 heteroatoms. The van der Waals surface area contributed by atoms with E-state index in [0.29, 0.717) is 18.9 Å². The number of hydrogen-bond donors (Lipinski definition) is 3. The van der Waals surface area contributed by atoms with Crippen molar-refractivity contribution in [1.82, 2.24) is 0 Å². The van der Waals surface area contributed by atoms with E-state index in [4.69, 9.17) is 14.2 Å². The van der Waals surface area contributed by atoms with Gasteiger partial charge in [0.05, 0.1) is 23.9 Å². The van der Waals surface area contributed by atoms with E-state index < -0.39 is 30.2 Å². The van der Waals surface area contributed by atoms with E-state index in [1.54, 1.807) is 13.0 Å². The van der Waals surface area contributed by atoms with Crippen LogP contribution >= 0.6 is 0 Å². The first-order valence-corrected chi connectivity index (χ1v) is 14.0. The average Bonchev–Trinajstić information content (AvgIpc) is 3.37. The normalized spacial score (nSPS) is 52.6. The Morgan fingerprint density at radius 3 is 2.61 bits per heavy atom. The highest BCUT2D eigenvalue weighted by molar-refractivity contribution is 5.85. The molecule has 4 fully saturated rings. The standard InChI is InChI=1S/C29H42O7/c1-16-26(32)23(30)14-25(35-16)36-19-6-9-27(2)18(13-19)4-5-22-21(27)7-10-28(3)20(8-11-29(22,28)33)17-12-24(31)34-15-17/h4,12,16,19-23,25-26,30,32-33H,5-11,13-15H2,1-3H3/t16-,19+,20-,21+,22+,23+,25+,26+,27+,28-,29+/m1/s1. The summed E-state index contributed by atoms with van der Waals surface area (Å²) in [6.07, 6.45) is 9.23. The minimum atomic E-state index is -0.867. The van der Waals surface area contributed by atoms with Crippen LogP contribution in [0.5, 0.6) is 0 Å². The third-order valence-electron chi connectivity index (χ3n) is 11.4. The second kappa shape index (κ2) is 8.63. The molecule has 0 aromatic heterocycles. The SMILES string of the molecule is C[C@H]1O[C@@H](O[C@H]2CC[C@@]3(C)C(=CC[C@H]4[C@@H]3CC[C@]3(C)[C@@H](C5=CC(=O)OC5)CC[C@]43O)C2)C[C@H](O)[C@H]1O. The van der Waals surface area contributed by atoms with Crippen LogP contribution in [0.3, 0.4) is 0 Å². The number of cyclic esters (lactones) is 1. The van der Waals surface area contributed by atoms with Crippen LogP contribution in [-0.4, -0.2) is 64.2 Å². The summed E-state index contributed by atoms with van der Waals surface area (Å²) in [7, 11) is 0. The Labute approximate surface area is 213 Å². The van der Waals surface area contributed by atoms with Crippen LogP contribution in [0, 0.1) is 28.6 Å². The van der Waals surface area contributed by atoms with Crippen molar-refractivity contribution in [2.75, 3.05) is 6.61 Å². The molecule has 4 aliphatic carbocycles. The van der Waals surface area contributed by atoms with E-state index >= 15 is 0 Å². The Bertz CT molecular complexity index is 963. The lowest BCUT2D eigenvalue weighted by Gasteiger charge is -2.61. The molecule has 0 radical (unpaired) electrons. The molecule has 2 heterocycles. The maximum absolute atomic E-state index is 12.3. The fourth-order valence-corrected chi connectivity index (χ4v) is 9.22. The summed E-state index contributed by atoms with van der Waals surface area (Å²) in [6.45, 7) is 6.81. The molecular weight excluding hydrogens is 460 g/mol. The predicted octanol–water partition coefficient (Wildman–Crippen LogP) is 3.41. The van der Waals surface area contributed by atoms with E-state index in [1.807, 2.05) is 0 Å². The zero-order chi connectivity index (χ0) is 25.5. The third-order valence-corrected chi connectivity index (χ3v) is 11.4. The van der Waals surface area contributed by atoms with Crippen LogP contribution in [-0.2, 0) is 19.0 Å². The molecule has 0 aromatic rings. The van der Waals surface area contributed by atoms with Crippen LogP contribution in [0.25, 0.3) is 0 Å². The van der Waals surface area contributed by atoms with Gasteiger partial charge < -0.3 is 29.5 Å². The van der Waals surface area contributed by atoms with Gasteiger partial charge in [-0.1, -0.05) is 25.5 Å². The molecule has 0 amide bonds. The number of esters is 1. The van der Waals surface area contributed by atoms with Crippen molar-refractivity contribution in [3.63, 3.8) is 0 Å². The number of aliphatic hydroxyl groups excluding tert-OH is 2. The van der Waals surface area contributed by atoms with Gasteiger partial charge in [-0.15, -0.1) is 0 Å². The van der Waals surface area contributed by atoms with E-state index in [2.05, 4.69) is 19.9 Å². The van der Waals surface area contributed by atoms with Crippen molar-refractivity contribution in [3.8, 4) is 0 Å². The van der Waals surface area contributed by atoms with Crippen molar-refractivity contribution in [2.24, 2.45) is 28.6 Å². The lowest BCUT2D eigenvalue weighted by Crippen LogP contribution is -2.60. The number of fused-ring (bicyclic) bond motifs is 5. The van der Waals surface area contributed by atoms with E-state index in [1.165, 1.54) is 5.57 Å². The highest BCUT2D eigenvalue weighted by atomic mass is 16.7. The molecule has 0 unspecified atom stereocenters. The summed E-state index contributed by atoms with van der Waals surface area (Å²) in [4.78, 5) is 11.8. The minimum Gasteiger partial charge on any atom is -0.458 e. The lowest BCUT2D eigenvalue weighted by molar-refractivity contribution is -0.262. The van der Waals surface area contributed by atoms with Crippen LogP contribution in [0.15, 0.2) is 23.3 Å². The molecule has 0 bridgehead atoms. The van der Waals surface area contributed by atoms with Crippen LogP contribution in [0.4, 0.5) is 0 Å². The Balaban J connectivity index is 1.19. The Morgan fingerprint density at radius 1 is 1.08 bits per heavy atom. The Morgan fingerprint density at radius 2 is 1.89 bits per heavy atom. The first-order chi connectivity index (χ1) is 17.0. The van der Waals surface area contributed by atoms with Gasteiger partial charge in [0.1, 0.15) is 12.7 Å². The number of aliphatic hydroxyl groups is 3. The molecule has 200 valence electrons. The van der Waals surface area contributed by atoms with Gasteiger partial charge >= 0.3 is 5.97 Å². The van der Waals surface area contributed by atoms with Crippen LogP contribution in [0.1, 0.15) is 78.6 Å². The Hall–Kier alpha value is -1.25. The molecule has 0 spiro atoms. The second-order valence-electron chi connectivity index (χ2n) is 13.0. The minimum absolute atomic E-state index is 0.0418. The quantitative estimate of drug-likeness (QED) is 0.401. The van der Waals surface area contributed by atoms with Crippen molar-refractivity contribution < 1.29 is 34.3 Å². The first-order valence-electron chi connectivity index (χ1n) is 14.0. The number of ether oxygens (including phenoxy) is 3. The molecule has 36 heavy (non-hydrogen) atoms. The number of hydrogen-bond acceptors (Lipinski definition) is 7. The summed E-state index contributed by atoms with van der Waals surface area (Å²) >= 11 is 0. The van der Waals surface area contributed by atoms with Gasteiger partial charge in [0, 0.05) is 17.9 Å². The smallest absolute Gasteiger partial charge is 0.331 e. The van der Waals surface area contributed by atoms with E-state index in [0.717, 1.165) is 56.9 Å². The molecule has 1 saturated heterocycles. The summed E-state index contributed by atoms with van der Waals surface area (Å²) < 4.78 is 17.4. The maximum Gasteiger partial charge on any atom is 0.331 e. The van der Waals surface area contributed by atoms with Crippen molar-refractivity contribution in [3.05, 3.63) is 23.3 Å². The maximum atomic E-state index is 12.3. The van der Waals surface area contributed by atoms with Gasteiger partial charge in [-0.2, -0.15) is 0 Å². The molecule has 11 atom stereocenters. The third kappa shape index (κ3) is 3.60. The summed E-state index contributed by atoms with van der Waals surface area (Å²) in [6, 6.07) is 0. The molecule has 2 aliphatic heterocycles. The first kappa shape index (κ1) is 25.1. The molecule has 0 aromatic carbocycles. The molecule has 6 rings (SSSR count). The fourth-order valence-electron chi connectivity index (χ4n) is 9.22. The summed E-state index contributed by atoms with van der Waals surface area (Å²) in [5.41, 5.74) is 1.62. The van der Waals surface area contributed by atoms with Gasteiger partial charge in [0.2, 0.25) is 0 Å². The average molecular weight is 503 g/mol. The Kier molecular flexibility index (Phi) is 6.01. The monoisotopic (exact) mass is 502 g/mol. The van der Waals surface area contributed by atoms with Gasteiger partial charge in [0.15, 0.2) is 6.29 Å². The zero-order valence-electron chi connectivity index (χ0n) is 21.8. The van der Waals surface area contributed by atoms with Crippen LogP contribution < -0.4 is 0 Å². The number of allylic oxidation sites excluding steroid dienone is 1. The number of carbonyl (C=O) groups excluding carboxylic acids is 1. The van der Waals surface area contributed by atoms with Gasteiger partial charge in [-0.05, 0) is 87.0 Å². The summed E-state index contributed by atoms with van der Waals surface area (Å²) in [5, 5.41) is 32.5. The van der Waals surface area contributed by atoms with Gasteiger partial charge in [0.25, 0.3) is 0 Å². The van der Waals surface area contributed by atoms with Gasteiger partial charge in [-0.25, -0.2) is 4.79 Å². The number of carbonyl (C=O) groups is 1. The topological polar surface area (TPSA) is 105 Å². The molecule has 6 aliphatic rings. The van der Waals surface area contributed by atoms with E-state index in [-0.39, 0.29) is 34.7 Å². The molecule has 7 nitrogen and oxygen atoms in total. The van der Waals surface area contributed by atoms with E-state index in [9.17, 15) is 20.1 Å². The highest BCUT2D eigenvalue weighted by Gasteiger charge is 2.66. The fraction of sp³-hybridized carbons (Fsp3) is 0.828. The summed E-state index contributed by atoms with van der Waals surface area (Å²) in [5.74, 6) is 0.635. The number of rotatable bonds is 3. The van der Waals surface area contributed by atoms with Crippen molar-refractivity contribution in [2.45, 2.75) is 115 Å². The molecular formula is C29H42O7. The zero-order valence-corrected chi connectivity index (χ0v) is 21.8. The largest absolute Gasteiger partial charge is 0.458 e. The molecule has 3 saturated carbocycles. The second-order valence-corrected chi connectivity index (χ2v) is 13.0. The van der Waals surface area contributed by atoms with Crippen LogP contribution in [0.2, 0.25) is 0 Å². The highest BCUT2D eigenvalue weighted by Crippen LogP contribution is 2.69. The van der Waals surface area contributed by atoms with Crippen molar-refractivity contribution >= 4 is 5.97 Å². The lowest BCUT2D eigenvalue weighted by atomic mass is 9.45. The van der Waals surface area contributed by atoms with Gasteiger partial charge in [-0.3, -0.25) is 0 Å². The predicted molar refractivity (Wildman–Crippen MR) is 132 cm³/mol.